The van der Waals surface area contributed by atoms with Crippen molar-refractivity contribution in [3.63, 3.8) is 0 Å². The summed E-state index contributed by atoms with van der Waals surface area (Å²) in [5.74, 6) is -0.251. The van der Waals surface area contributed by atoms with Crippen LogP contribution < -0.4 is 14.8 Å². The van der Waals surface area contributed by atoms with Gasteiger partial charge in [0.15, 0.2) is 6.61 Å². The van der Waals surface area contributed by atoms with Crippen LogP contribution in [0.25, 0.3) is 0 Å². The zero-order chi connectivity index (χ0) is 19.3. The molecule has 2 aromatic rings. The summed E-state index contributed by atoms with van der Waals surface area (Å²) in [7, 11) is -2.77. The Labute approximate surface area is 158 Å². The molecule has 8 nitrogen and oxygen atoms in total. The zero-order valence-corrected chi connectivity index (χ0v) is 16.0. The van der Waals surface area contributed by atoms with Gasteiger partial charge < -0.3 is 9.47 Å². The van der Waals surface area contributed by atoms with Crippen LogP contribution in [0.3, 0.4) is 0 Å². The second kappa shape index (κ2) is 8.30. The number of nitrogens with zero attached hydrogens (tertiary/aromatic N) is 1. The van der Waals surface area contributed by atoms with Crippen LogP contribution in [0.5, 0.6) is 5.75 Å². The molecule has 2 rings (SSSR count). The number of hydrogen-bond donors (Lipinski definition) is 1. The maximum Gasteiger partial charge on any atom is 0.421 e. The highest BCUT2D eigenvalue weighted by molar-refractivity contribution is 9.10. The monoisotopic (exact) mass is 442 g/mol. The van der Waals surface area contributed by atoms with Crippen molar-refractivity contribution in [3.05, 3.63) is 53.0 Å². The quantitative estimate of drug-likeness (QED) is 0.758. The van der Waals surface area contributed by atoms with Crippen molar-refractivity contribution in [2.45, 2.75) is 4.90 Å². The zero-order valence-electron chi connectivity index (χ0n) is 13.6. The van der Waals surface area contributed by atoms with E-state index in [9.17, 15) is 18.0 Å². The van der Waals surface area contributed by atoms with Gasteiger partial charge in [0.05, 0.1) is 17.7 Å². The van der Waals surface area contributed by atoms with E-state index in [1.54, 1.807) is 24.3 Å². The third-order valence-electron chi connectivity index (χ3n) is 3.21. The number of primary sulfonamides is 1. The normalized spacial score (nSPS) is 10.9. The maximum absolute atomic E-state index is 12.4. The number of imide groups is 1. The minimum atomic E-state index is -3.89. The first-order chi connectivity index (χ1) is 12.2. The molecule has 0 aromatic heterocycles. The van der Waals surface area contributed by atoms with Crippen LogP contribution in [-0.4, -0.2) is 34.1 Å². The lowest BCUT2D eigenvalue weighted by molar-refractivity contribution is -0.120. The fourth-order valence-electron chi connectivity index (χ4n) is 1.97. The highest BCUT2D eigenvalue weighted by Crippen LogP contribution is 2.20. The van der Waals surface area contributed by atoms with Crippen molar-refractivity contribution in [2.24, 2.45) is 5.14 Å². The van der Waals surface area contributed by atoms with Crippen molar-refractivity contribution in [2.75, 3.05) is 18.6 Å². The lowest BCUT2D eigenvalue weighted by Gasteiger charge is -2.19. The summed E-state index contributed by atoms with van der Waals surface area (Å²) in [6.07, 6.45) is -0.933. The summed E-state index contributed by atoms with van der Waals surface area (Å²) in [4.78, 5) is 25.0. The van der Waals surface area contributed by atoms with E-state index in [0.717, 1.165) is 16.5 Å². The van der Waals surface area contributed by atoms with Crippen molar-refractivity contribution in [1.82, 2.24) is 0 Å². The van der Waals surface area contributed by atoms with E-state index in [2.05, 4.69) is 20.7 Å². The molecule has 2 aromatic carbocycles. The third-order valence-corrected chi connectivity index (χ3v) is 4.66. The van der Waals surface area contributed by atoms with Gasteiger partial charge in [-0.1, -0.05) is 15.9 Å². The van der Waals surface area contributed by atoms with E-state index in [1.165, 1.54) is 24.3 Å². The lowest BCUT2D eigenvalue weighted by atomic mass is 10.3. The van der Waals surface area contributed by atoms with E-state index in [1.807, 2.05) is 0 Å². The molecule has 0 aliphatic carbocycles. The molecule has 0 aliphatic heterocycles. The minimum Gasteiger partial charge on any atom is -0.484 e. The van der Waals surface area contributed by atoms with Crippen LogP contribution in [0, 0.1) is 0 Å². The van der Waals surface area contributed by atoms with Gasteiger partial charge in [-0.3, -0.25) is 4.79 Å². The van der Waals surface area contributed by atoms with Crippen molar-refractivity contribution in [3.8, 4) is 5.75 Å². The van der Waals surface area contributed by atoms with Crippen LogP contribution in [0.1, 0.15) is 0 Å². The molecule has 0 radical (unpaired) electrons. The average molecular weight is 443 g/mol. The van der Waals surface area contributed by atoms with Gasteiger partial charge in [-0.15, -0.1) is 0 Å². The number of rotatable bonds is 5. The smallest absolute Gasteiger partial charge is 0.421 e. The van der Waals surface area contributed by atoms with Gasteiger partial charge in [0, 0.05) is 4.47 Å². The van der Waals surface area contributed by atoms with Crippen molar-refractivity contribution in [1.29, 1.82) is 0 Å². The van der Waals surface area contributed by atoms with Crippen LogP contribution in [0.4, 0.5) is 10.5 Å². The summed E-state index contributed by atoms with van der Waals surface area (Å²) in [5.41, 5.74) is 0.119. The summed E-state index contributed by atoms with van der Waals surface area (Å²) in [5, 5.41) is 5.03. The Morgan fingerprint density at radius 2 is 1.65 bits per heavy atom. The van der Waals surface area contributed by atoms with Gasteiger partial charge in [-0.25, -0.2) is 23.3 Å². The number of anilines is 1. The first-order valence-electron chi connectivity index (χ1n) is 7.14. The Kier molecular flexibility index (Phi) is 6.35. The highest BCUT2D eigenvalue weighted by Gasteiger charge is 2.25. The Balaban J connectivity index is 2.19. The Morgan fingerprint density at radius 3 is 2.15 bits per heavy atom. The Morgan fingerprint density at radius 1 is 1.08 bits per heavy atom. The van der Waals surface area contributed by atoms with Crippen LogP contribution >= 0.6 is 15.9 Å². The second-order valence-electron chi connectivity index (χ2n) is 4.98. The maximum atomic E-state index is 12.4. The highest BCUT2D eigenvalue weighted by atomic mass is 79.9. The molecule has 0 aliphatic rings. The van der Waals surface area contributed by atoms with Crippen LogP contribution in [0.15, 0.2) is 57.9 Å². The molecule has 0 bridgehead atoms. The molecule has 0 saturated carbocycles. The predicted octanol–water partition coefficient (Wildman–Crippen LogP) is 2.27. The van der Waals surface area contributed by atoms with Gasteiger partial charge in [-0.2, -0.15) is 0 Å². The molecule has 26 heavy (non-hydrogen) atoms. The van der Waals surface area contributed by atoms with Gasteiger partial charge >= 0.3 is 6.09 Å². The molecule has 0 spiro atoms. The minimum absolute atomic E-state index is 0.119. The van der Waals surface area contributed by atoms with E-state index in [0.29, 0.717) is 5.75 Å². The largest absolute Gasteiger partial charge is 0.484 e. The fourth-order valence-corrected chi connectivity index (χ4v) is 2.75. The Bertz CT molecular complexity index is 897. The van der Waals surface area contributed by atoms with E-state index < -0.39 is 28.6 Å². The number of carbonyl (C=O) groups is 2. The number of carbonyl (C=O) groups excluding carboxylic acids is 2. The summed E-state index contributed by atoms with van der Waals surface area (Å²) in [6, 6.07) is 11.7. The lowest BCUT2D eigenvalue weighted by Crippen LogP contribution is -2.40. The first kappa shape index (κ1) is 19.9. The molecule has 2 N–H and O–H groups in total. The predicted molar refractivity (Wildman–Crippen MR) is 97.3 cm³/mol. The number of nitrogens with two attached hydrogens (primary N) is 1. The molecule has 10 heteroatoms. The first-order valence-corrected chi connectivity index (χ1v) is 9.48. The molecule has 2 amide bonds. The topological polar surface area (TPSA) is 116 Å². The standard InChI is InChI=1S/C16H15BrN2O6S/c1-24-16(21)19(12-4-8-14(9-5-12)26(18,22)23)15(20)10-25-13-6-2-11(17)3-7-13/h2-9H,10H2,1H3,(H2,18,22,23). The number of halogens is 1. The fraction of sp³-hybridized carbons (Fsp3) is 0.125. The SMILES string of the molecule is COC(=O)N(C(=O)COc1ccc(Br)cc1)c1ccc(S(N)(=O)=O)cc1. The number of methoxy groups -OCH3 is 1. The average Bonchev–Trinajstić information content (AvgIpc) is 2.61. The summed E-state index contributed by atoms with van der Waals surface area (Å²) < 4.78 is 33.4. The second-order valence-corrected chi connectivity index (χ2v) is 7.46. The van der Waals surface area contributed by atoms with E-state index in [-0.39, 0.29) is 10.6 Å². The van der Waals surface area contributed by atoms with Crippen molar-refractivity contribution < 1.29 is 27.5 Å². The number of amides is 2. The van der Waals surface area contributed by atoms with E-state index >= 15 is 0 Å². The number of hydrogen-bond acceptors (Lipinski definition) is 6. The third kappa shape index (κ3) is 5.04. The summed E-state index contributed by atoms with van der Waals surface area (Å²) in [6.45, 7) is -0.423. The molecule has 138 valence electrons. The molecular formula is C16H15BrN2O6S. The molecule has 0 unspecified atom stereocenters. The van der Waals surface area contributed by atoms with Crippen LogP contribution in [0.2, 0.25) is 0 Å². The number of ether oxygens (including phenoxy) is 2. The van der Waals surface area contributed by atoms with Crippen molar-refractivity contribution >= 4 is 43.6 Å². The molecule has 0 atom stereocenters. The van der Waals surface area contributed by atoms with Gasteiger partial charge in [-0.05, 0) is 48.5 Å². The summed E-state index contributed by atoms with van der Waals surface area (Å²) >= 11 is 3.28. The number of benzene rings is 2. The molecule has 0 saturated heterocycles. The van der Waals surface area contributed by atoms with Gasteiger partial charge in [0.25, 0.3) is 5.91 Å². The Hall–Kier alpha value is -2.43. The van der Waals surface area contributed by atoms with E-state index in [4.69, 9.17) is 9.88 Å². The van der Waals surface area contributed by atoms with Crippen LogP contribution in [-0.2, 0) is 19.6 Å². The van der Waals surface area contributed by atoms with Gasteiger partial charge in [0.1, 0.15) is 5.75 Å². The molecule has 0 fully saturated rings. The van der Waals surface area contributed by atoms with Gasteiger partial charge in [0.2, 0.25) is 10.0 Å². The molecule has 0 heterocycles. The number of sulfonamides is 1. The molecular weight excluding hydrogens is 428 g/mol.